The highest BCUT2D eigenvalue weighted by molar-refractivity contribution is 6.01. The van der Waals surface area contributed by atoms with Crippen LogP contribution < -0.4 is 0 Å². The minimum atomic E-state index is 0.0553. The van der Waals surface area contributed by atoms with Gasteiger partial charge in [-0.05, 0) is 48.2 Å². The van der Waals surface area contributed by atoms with Crippen molar-refractivity contribution in [1.82, 2.24) is 9.88 Å². The Labute approximate surface area is 189 Å². The van der Waals surface area contributed by atoms with E-state index in [1.165, 1.54) is 22.3 Å². The number of aromatic nitrogens is 1. The number of carbonyl (C=O) groups excluding carboxylic acids is 1. The number of nitrogens with zero attached hydrogens (tertiary/aromatic N) is 3. The van der Waals surface area contributed by atoms with E-state index in [1.54, 1.807) is 13.1 Å². The molecule has 0 saturated carbocycles. The molecule has 2 heterocycles. The Balaban J connectivity index is 1.63. The van der Waals surface area contributed by atoms with Crippen LogP contribution in [0.2, 0.25) is 0 Å². The second-order valence-corrected chi connectivity index (χ2v) is 8.63. The van der Waals surface area contributed by atoms with Crippen molar-refractivity contribution in [2.24, 2.45) is 5.16 Å². The summed E-state index contributed by atoms with van der Waals surface area (Å²) in [5.41, 5.74) is 7.28. The number of hydrogen-bond acceptors (Lipinski definition) is 4. The van der Waals surface area contributed by atoms with Crippen LogP contribution in [0.5, 0.6) is 0 Å². The van der Waals surface area contributed by atoms with Gasteiger partial charge in [0.1, 0.15) is 0 Å². The second-order valence-electron chi connectivity index (χ2n) is 8.63. The van der Waals surface area contributed by atoms with E-state index in [0.717, 1.165) is 24.3 Å². The monoisotopic (exact) mass is 427 g/mol. The molecule has 0 unspecified atom stereocenters. The zero-order valence-corrected chi connectivity index (χ0v) is 18.8. The third-order valence-electron chi connectivity index (χ3n) is 6.45. The van der Waals surface area contributed by atoms with E-state index in [9.17, 15) is 10.0 Å². The maximum Gasteiger partial charge on any atom is 0.219 e. The Morgan fingerprint density at radius 2 is 1.84 bits per heavy atom. The molecule has 1 aliphatic heterocycles. The van der Waals surface area contributed by atoms with Crippen LogP contribution in [0.15, 0.2) is 72.0 Å². The zero-order chi connectivity index (χ0) is 22.7. The quantitative estimate of drug-likeness (QED) is 0.340. The summed E-state index contributed by atoms with van der Waals surface area (Å²) in [6, 6.07) is 20.9. The van der Waals surface area contributed by atoms with Crippen LogP contribution in [0.1, 0.15) is 58.7 Å². The molecule has 1 atom stereocenters. The first-order valence-electron chi connectivity index (χ1n) is 11.0. The van der Waals surface area contributed by atoms with E-state index in [0.29, 0.717) is 18.1 Å². The number of pyridine rings is 1. The summed E-state index contributed by atoms with van der Waals surface area (Å²) in [5.74, 6) is 0.596. The largest absolute Gasteiger partial charge is 0.411 e. The number of oxime groups is 1. The summed E-state index contributed by atoms with van der Waals surface area (Å²) in [4.78, 5) is 17.6. The number of benzene rings is 2. The van der Waals surface area contributed by atoms with Crippen LogP contribution in [-0.4, -0.2) is 39.8 Å². The molecule has 0 spiro atoms. The molecular formula is C27H29N3O2. The second kappa shape index (κ2) is 9.35. The van der Waals surface area contributed by atoms with Crippen LogP contribution in [-0.2, 0) is 4.79 Å². The molecule has 5 heteroatoms. The number of amides is 1. The number of hydrogen-bond donors (Lipinski definition) is 1. The van der Waals surface area contributed by atoms with Gasteiger partial charge >= 0.3 is 0 Å². The van der Waals surface area contributed by atoms with E-state index >= 15 is 0 Å². The van der Waals surface area contributed by atoms with Crippen LogP contribution in [0.4, 0.5) is 0 Å². The fourth-order valence-corrected chi connectivity index (χ4v) is 4.47. The van der Waals surface area contributed by atoms with Crippen molar-refractivity contribution in [1.29, 1.82) is 0 Å². The SMILES string of the molecule is CC(=O)N1CC(c2ccc([C@@H](CC(=NO)c3ccnc(C)c3)c3ccccc3C)cc2)C1. The molecule has 164 valence electrons. The van der Waals surface area contributed by atoms with Gasteiger partial charge in [-0.15, -0.1) is 0 Å². The average molecular weight is 428 g/mol. The number of aryl methyl sites for hydroxylation is 2. The molecule has 3 aromatic rings. The predicted molar refractivity (Wildman–Crippen MR) is 126 cm³/mol. The van der Waals surface area contributed by atoms with Gasteiger partial charge in [0.05, 0.1) is 5.71 Å². The van der Waals surface area contributed by atoms with Crippen molar-refractivity contribution in [2.75, 3.05) is 13.1 Å². The maximum absolute atomic E-state index is 11.5. The van der Waals surface area contributed by atoms with Gasteiger partial charge in [-0.25, -0.2) is 0 Å². The van der Waals surface area contributed by atoms with Crippen molar-refractivity contribution in [2.45, 2.75) is 39.0 Å². The molecule has 1 aliphatic rings. The molecule has 32 heavy (non-hydrogen) atoms. The first-order valence-corrected chi connectivity index (χ1v) is 11.0. The smallest absolute Gasteiger partial charge is 0.219 e. The Hall–Kier alpha value is -3.47. The van der Waals surface area contributed by atoms with Crippen LogP contribution in [0.25, 0.3) is 0 Å². The van der Waals surface area contributed by atoms with Gasteiger partial charge in [0.2, 0.25) is 5.91 Å². The first-order chi connectivity index (χ1) is 15.5. The Bertz CT molecular complexity index is 1130. The van der Waals surface area contributed by atoms with Crippen LogP contribution >= 0.6 is 0 Å². The summed E-state index contributed by atoms with van der Waals surface area (Å²) in [6.07, 6.45) is 2.32. The lowest BCUT2D eigenvalue weighted by atomic mass is 9.82. The number of carbonyl (C=O) groups is 1. The molecule has 0 bridgehead atoms. The topological polar surface area (TPSA) is 65.8 Å². The zero-order valence-electron chi connectivity index (χ0n) is 18.8. The number of likely N-dealkylation sites (tertiary alicyclic amines) is 1. The molecule has 1 saturated heterocycles. The summed E-state index contributed by atoms with van der Waals surface area (Å²) in [6.45, 7) is 7.26. The molecule has 0 radical (unpaired) electrons. The summed E-state index contributed by atoms with van der Waals surface area (Å²) in [5, 5.41) is 13.5. The minimum Gasteiger partial charge on any atom is -0.411 e. The predicted octanol–water partition coefficient (Wildman–Crippen LogP) is 5.04. The Morgan fingerprint density at radius 3 is 2.47 bits per heavy atom. The highest BCUT2D eigenvalue weighted by Gasteiger charge is 2.30. The average Bonchev–Trinajstić information content (AvgIpc) is 2.75. The fourth-order valence-electron chi connectivity index (χ4n) is 4.47. The van der Waals surface area contributed by atoms with Crippen molar-refractivity contribution in [3.05, 3.63) is 100 Å². The molecule has 2 aromatic carbocycles. The Kier molecular flexibility index (Phi) is 6.35. The minimum absolute atomic E-state index is 0.0553. The lowest BCUT2D eigenvalue weighted by Gasteiger charge is -2.39. The fraction of sp³-hybridized carbons (Fsp3) is 0.296. The lowest BCUT2D eigenvalue weighted by Crippen LogP contribution is -2.47. The van der Waals surface area contributed by atoms with Gasteiger partial charge in [-0.3, -0.25) is 9.78 Å². The van der Waals surface area contributed by atoms with Gasteiger partial charge in [-0.2, -0.15) is 0 Å². The van der Waals surface area contributed by atoms with Crippen molar-refractivity contribution in [3.63, 3.8) is 0 Å². The molecule has 5 nitrogen and oxygen atoms in total. The molecule has 1 aromatic heterocycles. The third-order valence-corrected chi connectivity index (χ3v) is 6.45. The standard InChI is InChI=1S/C27H29N3O2/c1-18-6-4-5-7-25(18)26(15-27(29-32)23-12-13-28-19(2)14-23)22-10-8-21(9-11-22)24-16-30(17-24)20(3)31/h4-14,24,26,32H,15-17H2,1-3H3/t26-/m1/s1. The van der Waals surface area contributed by atoms with E-state index in [2.05, 4.69) is 59.5 Å². The normalized spacial score (nSPS) is 15.3. The Morgan fingerprint density at radius 1 is 1.12 bits per heavy atom. The first kappa shape index (κ1) is 21.8. The van der Waals surface area contributed by atoms with Crippen LogP contribution in [0, 0.1) is 13.8 Å². The lowest BCUT2D eigenvalue weighted by molar-refractivity contribution is -0.133. The van der Waals surface area contributed by atoms with E-state index < -0.39 is 0 Å². The third kappa shape index (κ3) is 4.57. The molecular weight excluding hydrogens is 398 g/mol. The molecule has 1 N–H and O–H groups in total. The molecule has 1 fully saturated rings. The highest BCUT2D eigenvalue weighted by atomic mass is 16.4. The molecule has 1 amide bonds. The van der Waals surface area contributed by atoms with Gasteiger partial charge in [0.15, 0.2) is 0 Å². The maximum atomic E-state index is 11.5. The highest BCUT2D eigenvalue weighted by Crippen LogP contribution is 2.34. The van der Waals surface area contributed by atoms with Gasteiger partial charge in [-0.1, -0.05) is 53.7 Å². The van der Waals surface area contributed by atoms with Gasteiger partial charge < -0.3 is 10.1 Å². The summed E-state index contributed by atoms with van der Waals surface area (Å²) < 4.78 is 0. The van der Waals surface area contributed by atoms with Crippen molar-refractivity contribution in [3.8, 4) is 0 Å². The van der Waals surface area contributed by atoms with E-state index in [1.807, 2.05) is 30.0 Å². The number of rotatable bonds is 6. The summed E-state index contributed by atoms with van der Waals surface area (Å²) >= 11 is 0. The van der Waals surface area contributed by atoms with Crippen molar-refractivity contribution < 1.29 is 10.0 Å². The van der Waals surface area contributed by atoms with Gasteiger partial charge in [0, 0.05) is 55.7 Å². The van der Waals surface area contributed by atoms with E-state index in [4.69, 9.17) is 0 Å². The van der Waals surface area contributed by atoms with E-state index in [-0.39, 0.29) is 11.8 Å². The molecule has 4 rings (SSSR count). The van der Waals surface area contributed by atoms with Crippen LogP contribution in [0.3, 0.4) is 0 Å². The molecule has 0 aliphatic carbocycles. The van der Waals surface area contributed by atoms with Gasteiger partial charge in [0.25, 0.3) is 0 Å². The summed E-state index contributed by atoms with van der Waals surface area (Å²) in [7, 11) is 0. The van der Waals surface area contributed by atoms with Crippen molar-refractivity contribution >= 4 is 11.6 Å².